The Morgan fingerprint density at radius 2 is 1.78 bits per heavy atom. The molecule has 4 rings (SSSR count). The Bertz CT molecular complexity index is 1210. The van der Waals surface area contributed by atoms with Crippen LogP contribution in [0.4, 0.5) is 5.82 Å². The van der Waals surface area contributed by atoms with Gasteiger partial charge in [-0.2, -0.15) is 0 Å². The van der Waals surface area contributed by atoms with Gasteiger partial charge in [0, 0.05) is 24.3 Å². The van der Waals surface area contributed by atoms with Gasteiger partial charge < -0.3 is 10.2 Å². The number of hydrogen-bond acceptors (Lipinski definition) is 5. The van der Waals surface area contributed by atoms with Crippen molar-refractivity contribution in [1.29, 1.82) is 0 Å². The van der Waals surface area contributed by atoms with Crippen molar-refractivity contribution in [2.45, 2.75) is 30.3 Å². The van der Waals surface area contributed by atoms with Crippen molar-refractivity contribution in [2.24, 2.45) is 0 Å². The smallest absolute Gasteiger partial charge is 0.256 e. The number of nitrogens with zero attached hydrogens (tertiary/aromatic N) is 2. The Morgan fingerprint density at radius 3 is 2.47 bits per heavy atom. The lowest BCUT2D eigenvalue weighted by atomic mass is 10.1. The van der Waals surface area contributed by atoms with Crippen LogP contribution in [-0.4, -0.2) is 44.3 Å². The number of nitrogens with one attached hydrogen (secondary N) is 2. The molecule has 1 atom stereocenters. The van der Waals surface area contributed by atoms with Crippen LogP contribution in [0.5, 0.6) is 0 Å². The van der Waals surface area contributed by atoms with Crippen LogP contribution in [0.2, 0.25) is 0 Å². The third-order valence-electron chi connectivity index (χ3n) is 5.72. The minimum absolute atomic E-state index is 0.141. The summed E-state index contributed by atoms with van der Waals surface area (Å²) >= 11 is 0. The fraction of sp³-hybridized carbons (Fsp3) is 0.250. The summed E-state index contributed by atoms with van der Waals surface area (Å²) in [5, 5.41) is 2.72. The van der Waals surface area contributed by atoms with E-state index in [2.05, 4.69) is 19.9 Å². The van der Waals surface area contributed by atoms with Crippen LogP contribution >= 0.6 is 0 Å². The topological polar surface area (TPSA) is 91.4 Å². The Kier molecular flexibility index (Phi) is 6.36. The molecule has 7 nitrogen and oxygen atoms in total. The third kappa shape index (κ3) is 5.04. The Balaban J connectivity index is 1.38. The number of sulfonamides is 1. The molecule has 1 unspecified atom stereocenters. The van der Waals surface area contributed by atoms with E-state index in [9.17, 15) is 13.2 Å². The second-order valence-corrected chi connectivity index (χ2v) is 9.91. The summed E-state index contributed by atoms with van der Waals surface area (Å²) in [6, 6.07) is 17.9. The molecule has 1 amide bonds. The minimum Gasteiger partial charge on any atom is -0.307 e. The minimum atomic E-state index is -3.64. The molecule has 0 spiro atoms. The summed E-state index contributed by atoms with van der Waals surface area (Å²) in [5.74, 6) is 0.200. The van der Waals surface area contributed by atoms with Crippen LogP contribution in [0.25, 0.3) is 0 Å². The van der Waals surface area contributed by atoms with Gasteiger partial charge in [0.05, 0.1) is 4.90 Å². The number of carbonyl (C=O) groups is 1. The summed E-state index contributed by atoms with van der Waals surface area (Å²) in [5.41, 5.74) is 3.53. The highest BCUT2D eigenvalue weighted by Gasteiger charge is 2.25. The molecule has 0 saturated carbocycles. The molecule has 1 aromatic heterocycles. The van der Waals surface area contributed by atoms with Crippen molar-refractivity contribution in [3.63, 3.8) is 0 Å². The fourth-order valence-electron chi connectivity index (χ4n) is 3.76. The number of rotatable bonds is 7. The number of pyridine rings is 1. The second kappa shape index (κ2) is 9.20. The zero-order chi connectivity index (χ0) is 22.7. The van der Waals surface area contributed by atoms with E-state index in [1.54, 1.807) is 60.8 Å². The molecule has 1 aliphatic carbocycles. The molecule has 0 fully saturated rings. The van der Waals surface area contributed by atoms with E-state index in [1.165, 1.54) is 5.56 Å². The molecule has 32 heavy (non-hydrogen) atoms. The van der Waals surface area contributed by atoms with Gasteiger partial charge in [-0.3, -0.25) is 4.79 Å². The van der Waals surface area contributed by atoms with Crippen LogP contribution in [0, 0.1) is 0 Å². The molecule has 0 bridgehead atoms. The highest BCUT2D eigenvalue weighted by molar-refractivity contribution is 7.89. The van der Waals surface area contributed by atoms with Gasteiger partial charge in [-0.1, -0.05) is 24.3 Å². The van der Waals surface area contributed by atoms with E-state index in [1.807, 2.05) is 20.2 Å². The monoisotopic (exact) mass is 450 g/mol. The number of aromatic nitrogens is 1. The summed E-state index contributed by atoms with van der Waals surface area (Å²) < 4.78 is 28.3. The first kappa shape index (κ1) is 22.1. The number of likely N-dealkylation sites (N-methyl/N-ethyl adjacent to an activating group) is 1. The van der Waals surface area contributed by atoms with Crippen molar-refractivity contribution < 1.29 is 13.2 Å². The maximum atomic E-state index is 12.8. The van der Waals surface area contributed by atoms with Gasteiger partial charge in [0.1, 0.15) is 5.82 Å². The van der Waals surface area contributed by atoms with E-state index in [-0.39, 0.29) is 17.3 Å². The Labute approximate surface area is 188 Å². The molecule has 3 aromatic rings. The van der Waals surface area contributed by atoms with Gasteiger partial charge in [-0.15, -0.1) is 0 Å². The average Bonchev–Trinajstić information content (AvgIpc) is 3.23. The zero-order valence-corrected chi connectivity index (χ0v) is 18.9. The van der Waals surface area contributed by atoms with Gasteiger partial charge >= 0.3 is 0 Å². The summed E-state index contributed by atoms with van der Waals surface area (Å²) in [7, 11) is 0.454. The van der Waals surface area contributed by atoms with Crippen LogP contribution in [-0.2, 0) is 29.4 Å². The van der Waals surface area contributed by atoms with Gasteiger partial charge in [-0.25, -0.2) is 18.1 Å². The van der Waals surface area contributed by atoms with E-state index in [0.29, 0.717) is 17.4 Å². The molecule has 0 aliphatic heterocycles. The van der Waals surface area contributed by atoms with Gasteiger partial charge in [-0.05, 0) is 80.0 Å². The number of hydrogen-bond donors (Lipinski definition) is 2. The molecule has 166 valence electrons. The van der Waals surface area contributed by atoms with E-state index >= 15 is 0 Å². The average molecular weight is 451 g/mol. The lowest BCUT2D eigenvalue weighted by Crippen LogP contribution is -2.28. The molecule has 2 aromatic carbocycles. The zero-order valence-electron chi connectivity index (χ0n) is 18.1. The Morgan fingerprint density at radius 1 is 1.03 bits per heavy atom. The van der Waals surface area contributed by atoms with Crippen molar-refractivity contribution in [2.75, 3.05) is 19.4 Å². The standard InChI is InChI=1S/C24H26N4O3S/c1-28(2)21-13-19-10-11-22(15-20(19)14-21)32(30,31)26-16-17-6-8-18(9-7-17)24(29)27-23-5-3-4-12-25-23/h3-12,15,21,26H,13-14,16H2,1-2H3,(H,25,27,29). The normalized spacial score (nSPS) is 15.5. The lowest BCUT2D eigenvalue weighted by Gasteiger charge is -2.17. The number of anilines is 1. The number of fused-ring (bicyclic) bond motifs is 1. The number of amides is 1. The van der Waals surface area contributed by atoms with Crippen molar-refractivity contribution in [1.82, 2.24) is 14.6 Å². The summed E-state index contributed by atoms with van der Waals surface area (Å²) in [6.45, 7) is 0.141. The van der Waals surface area contributed by atoms with Crippen LogP contribution < -0.4 is 10.0 Å². The first-order chi connectivity index (χ1) is 15.3. The van der Waals surface area contributed by atoms with E-state index < -0.39 is 10.0 Å². The molecule has 0 saturated heterocycles. The maximum Gasteiger partial charge on any atom is 0.256 e. The van der Waals surface area contributed by atoms with Gasteiger partial charge in [0.25, 0.3) is 5.91 Å². The molecular weight excluding hydrogens is 424 g/mol. The predicted molar refractivity (Wildman–Crippen MR) is 124 cm³/mol. The van der Waals surface area contributed by atoms with E-state index in [0.717, 1.165) is 24.0 Å². The quantitative estimate of drug-likeness (QED) is 0.578. The van der Waals surface area contributed by atoms with Gasteiger partial charge in [0.15, 0.2) is 0 Å². The largest absolute Gasteiger partial charge is 0.307 e. The predicted octanol–water partition coefficient (Wildman–Crippen LogP) is 2.84. The molecule has 0 radical (unpaired) electrons. The summed E-state index contributed by atoms with van der Waals surface area (Å²) in [6.07, 6.45) is 3.40. The van der Waals surface area contributed by atoms with Crippen LogP contribution in [0.15, 0.2) is 71.8 Å². The number of benzene rings is 2. The van der Waals surface area contributed by atoms with Gasteiger partial charge in [0.2, 0.25) is 10.0 Å². The number of carbonyl (C=O) groups excluding carboxylic acids is 1. The lowest BCUT2D eigenvalue weighted by molar-refractivity contribution is 0.102. The molecule has 1 aliphatic rings. The Hall–Kier alpha value is -3.07. The van der Waals surface area contributed by atoms with E-state index in [4.69, 9.17) is 0 Å². The van der Waals surface area contributed by atoms with Crippen molar-refractivity contribution in [3.8, 4) is 0 Å². The first-order valence-electron chi connectivity index (χ1n) is 10.4. The summed E-state index contributed by atoms with van der Waals surface area (Å²) in [4.78, 5) is 18.8. The first-order valence-corrected chi connectivity index (χ1v) is 11.9. The van der Waals surface area contributed by atoms with Crippen molar-refractivity contribution in [3.05, 3.63) is 89.1 Å². The van der Waals surface area contributed by atoms with Crippen LogP contribution in [0.1, 0.15) is 27.0 Å². The maximum absolute atomic E-state index is 12.8. The molecule has 1 heterocycles. The second-order valence-electron chi connectivity index (χ2n) is 8.15. The highest BCUT2D eigenvalue weighted by atomic mass is 32.2. The highest BCUT2D eigenvalue weighted by Crippen LogP contribution is 2.27. The molecular formula is C24H26N4O3S. The molecule has 2 N–H and O–H groups in total. The van der Waals surface area contributed by atoms with Crippen LogP contribution in [0.3, 0.4) is 0 Å². The SMILES string of the molecule is CN(C)C1Cc2ccc(S(=O)(=O)NCc3ccc(C(=O)Nc4ccccn4)cc3)cc2C1. The molecule has 8 heteroatoms. The van der Waals surface area contributed by atoms with Crippen molar-refractivity contribution >= 4 is 21.7 Å². The third-order valence-corrected chi connectivity index (χ3v) is 7.12. The fourth-order valence-corrected chi connectivity index (χ4v) is 4.83.